The van der Waals surface area contributed by atoms with Gasteiger partial charge in [0, 0.05) is 29.0 Å². The first-order chi connectivity index (χ1) is 15.0. The summed E-state index contributed by atoms with van der Waals surface area (Å²) in [6, 6.07) is 11.8. The van der Waals surface area contributed by atoms with Gasteiger partial charge in [-0.05, 0) is 67.3 Å². The van der Waals surface area contributed by atoms with Gasteiger partial charge in [0.25, 0.3) is 0 Å². The summed E-state index contributed by atoms with van der Waals surface area (Å²) in [4.78, 5) is 19.2. The maximum atomic E-state index is 13.0. The Kier molecular flexibility index (Phi) is 5.81. The van der Waals surface area contributed by atoms with Gasteiger partial charge in [0.1, 0.15) is 10.8 Å². The number of nitrogens with zero attached hydrogens (tertiary/aromatic N) is 3. The van der Waals surface area contributed by atoms with Gasteiger partial charge >= 0.3 is 0 Å². The van der Waals surface area contributed by atoms with Gasteiger partial charge in [-0.1, -0.05) is 24.3 Å². The number of nitrogens with two attached hydrogens (primary N) is 1. The highest BCUT2D eigenvalue weighted by atomic mass is 32.1. The molecule has 2 aromatic carbocycles. The molecule has 0 unspecified atom stereocenters. The van der Waals surface area contributed by atoms with Gasteiger partial charge in [0.15, 0.2) is 0 Å². The molecule has 0 radical (unpaired) electrons. The zero-order valence-electron chi connectivity index (χ0n) is 17.5. The molecule has 0 bridgehead atoms. The van der Waals surface area contributed by atoms with Crippen molar-refractivity contribution in [2.24, 2.45) is 5.73 Å². The average Bonchev–Trinajstić information content (AvgIpc) is 3.39. The van der Waals surface area contributed by atoms with Gasteiger partial charge < -0.3 is 21.4 Å². The summed E-state index contributed by atoms with van der Waals surface area (Å²) in [6.45, 7) is 4.67. The number of carbonyl (C=O) groups is 1. The molecule has 0 saturated heterocycles. The molecule has 2 heterocycles. The Hall–Kier alpha value is -3.52. The van der Waals surface area contributed by atoms with Crippen molar-refractivity contribution in [3.8, 4) is 10.6 Å². The largest absolute Gasteiger partial charge is 0.405 e. The lowest BCUT2D eigenvalue weighted by atomic mass is 10.0. The summed E-state index contributed by atoms with van der Waals surface area (Å²) in [5.41, 5.74) is 11.4. The minimum Gasteiger partial charge on any atom is -0.405 e. The lowest BCUT2D eigenvalue weighted by molar-refractivity contribution is -0.116. The van der Waals surface area contributed by atoms with Gasteiger partial charge in [0.2, 0.25) is 5.91 Å². The van der Waals surface area contributed by atoms with Gasteiger partial charge in [-0.25, -0.2) is 4.98 Å². The van der Waals surface area contributed by atoms with Crippen LogP contribution in [0.15, 0.2) is 48.7 Å². The third kappa shape index (κ3) is 4.20. The smallest absolute Gasteiger partial charge is 0.246 e. The third-order valence-electron chi connectivity index (χ3n) is 5.32. The number of aryl methyl sites for hydroxylation is 2. The standard InChI is InChI=1S/C23H24N6OS/c1-14-6-7-16(23-27-15(2)28-31-23)12-20(14)26-13-22(30)29-11-9-18-17(19(25)8-10-24)4-3-5-21(18)29/h3-8,10,12,25-26H,9,11,13,24H2,1-2H3/b10-8-,25-19?. The van der Waals surface area contributed by atoms with Crippen LogP contribution in [0.5, 0.6) is 0 Å². The fourth-order valence-corrected chi connectivity index (χ4v) is 4.42. The van der Waals surface area contributed by atoms with Crippen LogP contribution in [0.3, 0.4) is 0 Å². The van der Waals surface area contributed by atoms with Gasteiger partial charge in [-0.3, -0.25) is 4.79 Å². The van der Waals surface area contributed by atoms with Crippen LogP contribution in [-0.4, -0.2) is 34.1 Å². The van der Waals surface area contributed by atoms with Crippen LogP contribution in [0.1, 0.15) is 22.5 Å². The van der Waals surface area contributed by atoms with Crippen LogP contribution in [0, 0.1) is 19.3 Å². The number of amides is 1. The predicted molar refractivity (Wildman–Crippen MR) is 126 cm³/mol. The zero-order chi connectivity index (χ0) is 22.0. The summed E-state index contributed by atoms with van der Waals surface area (Å²) in [7, 11) is 0. The van der Waals surface area contributed by atoms with Crippen molar-refractivity contribution >= 4 is 34.5 Å². The molecule has 0 fully saturated rings. The average molecular weight is 433 g/mol. The normalized spacial score (nSPS) is 12.9. The van der Waals surface area contributed by atoms with E-state index in [4.69, 9.17) is 11.1 Å². The second-order valence-corrected chi connectivity index (χ2v) is 8.15. The van der Waals surface area contributed by atoms with E-state index in [1.165, 1.54) is 17.7 Å². The van der Waals surface area contributed by atoms with Crippen LogP contribution in [0.4, 0.5) is 11.4 Å². The number of benzene rings is 2. The van der Waals surface area contributed by atoms with Crippen LogP contribution in [0.2, 0.25) is 0 Å². The Bertz CT molecular complexity index is 1180. The summed E-state index contributed by atoms with van der Waals surface area (Å²) < 4.78 is 4.25. The van der Waals surface area contributed by atoms with Crippen molar-refractivity contribution in [2.75, 3.05) is 23.3 Å². The van der Waals surface area contributed by atoms with E-state index in [1.807, 2.05) is 50.2 Å². The van der Waals surface area contributed by atoms with Crippen molar-refractivity contribution in [1.82, 2.24) is 9.36 Å². The second-order valence-electron chi connectivity index (χ2n) is 7.40. The number of hydrogen-bond acceptors (Lipinski definition) is 7. The molecule has 1 aliphatic heterocycles. The molecule has 1 aliphatic rings. The van der Waals surface area contributed by atoms with Gasteiger partial charge in [0.05, 0.1) is 12.3 Å². The van der Waals surface area contributed by atoms with E-state index in [2.05, 4.69) is 14.7 Å². The summed E-state index contributed by atoms with van der Waals surface area (Å²) in [6.07, 6.45) is 3.66. The molecule has 0 aliphatic carbocycles. The van der Waals surface area contributed by atoms with E-state index in [9.17, 15) is 4.79 Å². The Morgan fingerprint density at radius 3 is 2.90 bits per heavy atom. The van der Waals surface area contributed by atoms with Gasteiger partial charge in [-0.2, -0.15) is 4.37 Å². The highest BCUT2D eigenvalue weighted by Crippen LogP contribution is 2.32. The van der Waals surface area contributed by atoms with Crippen LogP contribution in [-0.2, 0) is 11.2 Å². The van der Waals surface area contributed by atoms with Crippen LogP contribution >= 0.6 is 11.5 Å². The Morgan fingerprint density at radius 2 is 2.16 bits per heavy atom. The van der Waals surface area contributed by atoms with E-state index in [0.29, 0.717) is 12.3 Å². The van der Waals surface area contributed by atoms with Gasteiger partial charge in [-0.15, -0.1) is 0 Å². The molecule has 0 atom stereocenters. The van der Waals surface area contributed by atoms with E-state index in [-0.39, 0.29) is 12.5 Å². The fourth-order valence-electron chi connectivity index (χ4n) is 3.76. The lowest BCUT2D eigenvalue weighted by Crippen LogP contribution is -2.34. The minimum atomic E-state index is -0.00615. The number of anilines is 2. The fraction of sp³-hybridized carbons (Fsp3) is 0.217. The van der Waals surface area contributed by atoms with Crippen LogP contribution < -0.4 is 16.0 Å². The van der Waals surface area contributed by atoms with Crippen molar-refractivity contribution in [1.29, 1.82) is 5.41 Å². The molecular formula is C23H24N6OS. The number of carbonyl (C=O) groups excluding carboxylic acids is 1. The molecule has 3 aromatic rings. The molecule has 0 saturated carbocycles. The monoisotopic (exact) mass is 432 g/mol. The molecular weight excluding hydrogens is 408 g/mol. The zero-order valence-corrected chi connectivity index (χ0v) is 18.3. The molecule has 4 N–H and O–H groups in total. The third-order valence-corrected chi connectivity index (χ3v) is 6.18. The molecule has 0 spiro atoms. The van der Waals surface area contributed by atoms with Crippen molar-refractivity contribution in [3.63, 3.8) is 0 Å². The van der Waals surface area contributed by atoms with E-state index in [1.54, 1.807) is 11.0 Å². The number of allylic oxidation sites excluding steroid dienone is 1. The van der Waals surface area contributed by atoms with E-state index < -0.39 is 0 Å². The highest BCUT2D eigenvalue weighted by Gasteiger charge is 2.27. The first-order valence-corrected chi connectivity index (χ1v) is 10.8. The quantitative estimate of drug-likeness (QED) is 0.515. The first kappa shape index (κ1) is 20.7. The maximum absolute atomic E-state index is 13.0. The number of hydrogen-bond donors (Lipinski definition) is 3. The number of rotatable bonds is 6. The number of fused-ring (bicyclic) bond motifs is 1. The van der Waals surface area contributed by atoms with E-state index >= 15 is 0 Å². The minimum absolute atomic E-state index is 0.00615. The number of aromatic nitrogens is 2. The highest BCUT2D eigenvalue weighted by molar-refractivity contribution is 7.09. The summed E-state index contributed by atoms with van der Waals surface area (Å²) in [5, 5.41) is 12.3. The second kappa shape index (κ2) is 8.69. The molecule has 7 nitrogen and oxygen atoms in total. The predicted octanol–water partition coefficient (Wildman–Crippen LogP) is 3.66. The molecule has 1 amide bonds. The van der Waals surface area contributed by atoms with Crippen molar-refractivity contribution in [3.05, 3.63) is 71.2 Å². The molecule has 1 aromatic heterocycles. The van der Waals surface area contributed by atoms with E-state index in [0.717, 1.165) is 50.9 Å². The van der Waals surface area contributed by atoms with Crippen molar-refractivity contribution in [2.45, 2.75) is 20.3 Å². The molecule has 158 valence electrons. The SMILES string of the molecule is Cc1nsc(-c2ccc(C)c(NCC(=O)N3CCc4c(C(=N)/C=C\N)cccc43)c2)n1. The number of nitrogens with one attached hydrogen (secondary N) is 2. The molecule has 31 heavy (non-hydrogen) atoms. The Labute approximate surface area is 185 Å². The molecule has 8 heteroatoms. The lowest BCUT2D eigenvalue weighted by Gasteiger charge is -2.19. The topological polar surface area (TPSA) is 108 Å². The maximum Gasteiger partial charge on any atom is 0.246 e. The van der Waals surface area contributed by atoms with Crippen molar-refractivity contribution < 1.29 is 4.79 Å². The summed E-state index contributed by atoms with van der Waals surface area (Å²) >= 11 is 1.37. The molecule has 4 rings (SSSR count). The van der Waals surface area contributed by atoms with Crippen LogP contribution in [0.25, 0.3) is 10.6 Å². The Morgan fingerprint density at radius 1 is 1.32 bits per heavy atom. The first-order valence-electron chi connectivity index (χ1n) is 10.0. The summed E-state index contributed by atoms with van der Waals surface area (Å²) in [5.74, 6) is 0.751. The Balaban J connectivity index is 1.50.